The molecule has 3 heteroatoms. The van der Waals surface area contributed by atoms with Crippen molar-refractivity contribution in [1.82, 2.24) is 0 Å². The van der Waals surface area contributed by atoms with E-state index in [4.69, 9.17) is 5.73 Å². The normalized spacial score (nSPS) is 13.2. The molecule has 0 amide bonds. The summed E-state index contributed by atoms with van der Waals surface area (Å²) in [6.07, 6.45) is 0. The molecular weight excluding hydrogens is 194 g/mol. The summed E-state index contributed by atoms with van der Waals surface area (Å²) in [5.41, 5.74) is 5.60. The van der Waals surface area contributed by atoms with Gasteiger partial charge in [0.15, 0.2) is 5.78 Å². The third-order valence-electron chi connectivity index (χ3n) is 2.38. The van der Waals surface area contributed by atoms with E-state index in [9.17, 15) is 4.79 Å². The number of Topliss-reactive ketones (excluding diaryl/α,β-unsaturated/α-hetero) is 1. The molecule has 0 aliphatic heterocycles. The monoisotopic (exact) mass is 211 g/mol. The molecule has 2 N–H and O–H groups in total. The largest absolute Gasteiger partial charge is 0.330 e. The van der Waals surface area contributed by atoms with Crippen LogP contribution < -0.4 is 5.73 Å². The highest BCUT2D eigenvalue weighted by Crippen LogP contribution is 2.22. The van der Waals surface area contributed by atoms with Gasteiger partial charge in [-0.2, -0.15) is 0 Å². The highest BCUT2D eigenvalue weighted by molar-refractivity contribution is 7.14. The smallest absolute Gasteiger partial charge is 0.177 e. The van der Waals surface area contributed by atoms with Gasteiger partial charge in [-0.1, -0.05) is 13.8 Å². The maximum absolute atomic E-state index is 12.0. The summed E-state index contributed by atoms with van der Waals surface area (Å²) in [5, 5.41) is 0. The Bertz CT molecular complexity index is 317. The van der Waals surface area contributed by atoms with Gasteiger partial charge in [-0.3, -0.25) is 4.79 Å². The predicted octanol–water partition coefficient (Wildman–Crippen LogP) is 2.47. The van der Waals surface area contributed by atoms with Crippen LogP contribution in [0.4, 0.5) is 0 Å². The fraction of sp³-hybridized carbons (Fsp3) is 0.545. The number of hydrogen-bond acceptors (Lipinski definition) is 3. The van der Waals surface area contributed by atoms with Gasteiger partial charge in [-0.05, 0) is 25.0 Å². The van der Waals surface area contributed by atoms with Gasteiger partial charge in [0, 0.05) is 17.3 Å². The lowest BCUT2D eigenvalue weighted by Gasteiger charge is -2.16. The number of rotatable bonds is 4. The second-order valence-corrected chi connectivity index (χ2v) is 5.15. The molecular formula is C11H17NOS. The zero-order valence-electron chi connectivity index (χ0n) is 8.91. The Balaban J connectivity index is 2.83. The standard InChI is InChI=1S/C11H17NOS/c1-7(2)9(6-12)11(13)10-5-4-8(3)14-10/h4-5,7,9H,6,12H2,1-3H3. The molecule has 1 aromatic heterocycles. The summed E-state index contributed by atoms with van der Waals surface area (Å²) in [6.45, 7) is 6.52. The molecule has 0 aliphatic carbocycles. The van der Waals surface area contributed by atoms with Crippen LogP contribution in [-0.4, -0.2) is 12.3 Å². The van der Waals surface area contributed by atoms with Crippen LogP contribution in [0.15, 0.2) is 12.1 Å². The van der Waals surface area contributed by atoms with E-state index in [1.54, 1.807) is 11.3 Å². The zero-order chi connectivity index (χ0) is 10.7. The van der Waals surface area contributed by atoms with Crippen molar-refractivity contribution in [1.29, 1.82) is 0 Å². The van der Waals surface area contributed by atoms with E-state index in [1.807, 2.05) is 32.9 Å². The Labute approximate surface area is 89.1 Å². The summed E-state index contributed by atoms with van der Waals surface area (Å²) >= 11 is 1.55. The molecule has 1 atom stereocenters. The van der Waals surface area contributed by atoms with Crippen molar-refractivity contribution in [2.75, 3.05) is 6.54 Å². The van der Waals surface area contributed by atoms with Gasteiger partial charge in [0.2, 0.25) is 0 Å². The lowest BCUT2D eigenvalue weighted by atomic mass is 9.91. The fourth-order valence-corrected chi connectivity index (χ4v) is 2.30. The van der Waals surface area contributed by atoms with E-state index in [2.05, 4.69) is 0 Å². The third-order valence-corrected chi connectivity index (χ3v) is 3.39. The van der Waals surface area contributed by atoms with Crippen molar-refractivity contribution in [3.05, 3.63) is 21.9 Å². The first kappa shape index (κ1) is 11.4. The van der Waals surface area contributed by atoms with Gasteiger partial charge < -0.3 is 5.73 Å². The van der Waals surface area contributed by atoms with Crippen molar-refractivity contribution < 1.29 is 4.79 Å². The van der Waals surface area contributed by atoms with E-state index in [-0.39, 0.29) is 11.7 Å². The van der Waals surface area contributed by atoms with Crippen LogP contribution in [0.1, 0.15) is 28.4 Å². The molecule has 1 unspecified atom stereocenters. The lowest BCUT2D eigenvalue weighted by molar-refractivity contribution is 0.0896. The highest BCUT2D eigenvalue weighted by atomic mass is 32.1. The molecule has 0 aliphatic rings. The Morgan fingerprint density at radius 2 is 2.14 bits per heavy atom. The van der Waals surface area contributed by atoms with E-state index >= 15 is 0 Å². The average Bonchev–Trinajstić information content (AvgIpc) is 2.52. The highest BCUT2D eigenvalue weighted by Gasteiger charge is 2.22. The van der Waals surface area contributed by atoms with Gasteiger partial charge in [-0.25, -0.2) is 0 Å². The molecule has 0 saturated carbocycles. The molecule has 1 heterocycles. The second kappa shape index (κ2) is 4.71. The fourth-order valence-electron chi connectivity index (χ4n) is 1.43. The summed E-state index contributed by atoms with van der Waals surface area (Å²) < 4.78 is 0. The van der Waals surface area contributed by atoms with Crippen molar-refractivity contribution in [3.63, 3.8) is 0 Å². The van der Waals surface area contributed by atoms with Crippen molar-refractivity contribution >= 4 is 17.1 Å². The molecule has 78 valence electrons. The van der Waals surface area contributed by atoms with E-state index in [1.165, 1.54) is 4.88 Å². The average molecular weight is 211 g/mol. The van der Waals surface area contributed by atoms with Crippen molar-refractivity contribution in [2.24, 2.45) is 17.6 Å². The molecule has 0 spiro atoms. The van der Waals surface area contributed by atoms with Crippen LogP contribution in [0.5, 0.6) is 0 Å². The minimum absolute atomic E-state index is 0.0342. The third kappa shape index (κ3) is 2.42. The number of hydrogen-bond donors (Lipinski definition) is 1. The molecule has 0 bridgehead atoms. The van der Waals surface area contributed by atoms with E-state index in [0.717, 1.165) is 4.88 Å². The first-order valence-corrected chi connectivity index (χ1v) is 5.68. The number of ketones is 1. The number of nitrogens with two attached hydrogens (primary N) is 1. The quantitative estimate of drug-likeness (QED) is 0.777. The number of carbonyl (C=O) groups is 1. The van der Waals surface area contributed by atoms with Gasteiger partial charge in [0.05, 0.1) is 4.88 Å². The van der Waals surface area contributed by atoms with Gasteiger partial charge in [0.1, 0.15) is 0 Å². The predicted molar refractivity (Wildman–Crippen MR) is 60.8 cm³/mol. The Hall–Kier alpha value is -0.670. The summed E-state index contributed by atoms with van der Waals surface area (Å²) in [5.74, 6) is 0.476. The maximum Gasteiger partial charge on any atom is 0.177 e. The van der Waals surface area contributed by atoms with Crippen LogP contribution in [0.25, 0.3) is 0 Å². The molecule has 2 nitrogen and oxygen atoms in total. The number of carbonyl (C=O) groups excluding carboxylic acids is 1. The zero-order valence-corrected chi connectivity index (χ0v) is 9.73. The molecule has 0 radical (unpaired) electrons. The summed E-state index contributed by atoms with van der Waals surface area (Å²) in [4.78, 5) is 14.0. The first-order chi connectivity index (χ1) is 6.56. The minimum Gasteiger partial charge on any atom is -0.330 e. The van der Waals surface area contributed by atoms with E-state index in [0.29, 0.717) is 12.5 Å². The van der Waals surface area contributed by atoms with Crippen LogP contribution >= 0.6 is 11.3 Å². The SMILES string of the molecule is Cc1ccc(C(=O)C(CN)C(C)C)s1. The van der Waals surface area contributed by atoms with Crippen LogP contribution in [0.2, 0.25) is 0 Å². The van der Waals surface area contributed by atoms with Crippen LogP contribution in [0.3, 0.4) is 0 Å². The molecule has 0 saturated heterocycles. The number of aryl methyl sites for hydroxylation is 1. The Morgan fingerprint density at radius 3 is 2.50 bits per heavy atom. The summed E-state index contributed by atoms with van der Waals surface area (Å²) in [7, 11) is 0. The molecule has 1 rings (SSSR count). The second-order valence-electron chi connectivity index (χ2n) is 3.86. The molecule has 1 aromatic rings. The first-order valence-electron chi connectivity index (χ1n) is 4.87. The minimum atomic E-state index is -0.0342. The van der Waals surface area contributed by atoms with Gasteiger partial charge >= 0.3 is 0 Å². The van der Waals surface area contributed by atoms with Crippen LogP contribution in [-0.2, 0) is 0 Å². The van der Waals surface area contributed by atoms with E-state index < -0.39 is 0 Å². The summed E-state index contributed by atoms with van der Waals surface area (Å²) in [6, 6.07) is 3.87. The topological polar surface area (TPSA) is 43.1 Å². The van der Waals surface area contributed by atoms with Gasteiger partial charge in [0.25, 0.3) is 0 Å². The Kier molecular flexibility index (Phi) is 3.84. The Morgan fingerprint density at radius 1 is 1.50 bits per heavy atom. The number of thiophene rings is 1. The molecule has 0 fully saturated rings. The lowest BCUT2D eigenvalue weighted by Crippen LogP contribution is -2.27. The molecule has 14 heavy (non-hydrogen) atoms. The van der Waals surface area contributed by atoms with Crippen molar-refractivity contribution in [2.45, 2.75) is 20.8 Å². The maximum atomic E-state index is 12.0. The van der Waals surface area contributed by atoms with Crippen molar-refractivity contribution in [3.8, 4) is 0 Å². The van der Waals surface area contributed by atoms with Crippen LogP contribution in [0, 0.1) is 18.8 Å². The molecule has 0 aromatic carbocycles. The van der Waals surface area contributed by atoms with Gasteiger partial charge in [-0.15, -0.1) is 11.3 Å².